The molecule has 0 aliphatic carbocycles. The molecule has 0 saturated heterocycles. The van der Waals surface area contributed by atoms with Crippen LogP contribution in [0.1, 0.15) is 11.3 Å². The minimum atomic E-state index is -0.554. The molecule has 0 unspecified atom stereocenters. The molecule has 0 aliphatic rings. The number of carbonyl (C=O) groups excluding carboxylic acids is 1. The highest BCUT2D eigenvalue weighted by Gasteiger charge is 2.18. The second kappa shape index (κ2) is 7.75. The lowest BCUT2D eigenvalue weighted by Gasteiger charge is -2.01. The molecule has 0 spiro atoms. The molecule has 25 heavy (non-hydrogen) atoms. The van der Waals surface area contributed by atoms with Crippen LogP contribution in [0.3, 0.4) is 0 Å². The van der Waals surface area contributed by atoms with Crippen molar-refractivity contribution in [2.24, 2.45) is 0 Å². The summed E-state index contributed by atoms with van der Waals surface area (Å²) in [4.78, 5) is 22.5. The van der Waals surface area contributed by atoms with E-state index in [9.17, 15) is 14.9 Å². The van der Waals surface area contributed by atoms with Crippen molar-refractivity contribution in [3.63, 3.8) is 0 Å². The first-order valence-electron chi connectivity index (χ1n) is 7.32. The highest BCUT2D eigenvalue weighted by atomic mass is 16.6. The summed E-state index contributed by atoms with van der Waals surface area (Å²) in [7, 11) is 0. The molecule has 0 saturated carbocycles. The molecule has 0 radical (unpaired) electrons. The first-order valence-corrected chi connectivity index (χ1v) is 7.32. The Morgan fingerprint density at radius 1 is 1.44 bits per heavy atom. The van der Waals surface area contributed by atoms with Crippen molar-refractivity contribution in [1.82, 2.24) is 5.32 Å². The lowest BCUT2D eigenvalue weighted by atomic mass is 10.1. The van der Waals surface area contributed by atoms with Crippen molar-refractivity contribution < 1.29 is 14.1 Å². The van der Waals surface area contributed by atoms with Crippen LogP contribution >= 0.6 is 0 Å². The fraction of sp³-hybridized carbons (Fsp3) is 0.111. The van der Waals surface area contributed by atoms with Gasteiger partial charge >= 0.3 is 0 Å². The summed E-state index contributed by atoms with van der Waals surface area (Å²) in [5.41, 5.74) is 0.868. The van der Waals surface area contributed by atoms with Crippen LogP contribution in [-0.2, 0) is 4.79 Å². The minimum absolute atomic E-state index is 0.0749. The maximum Gasteiger partial charge on any atom is 0.280 e. The maximum absolute atomic E-state index is 11.8. The van der Waals surface area contributed by atoms with E-state index in [4.69, 9.17) is 9.68 Å². The van der Waals surface area contributed by atoms with E-state index in [-0.39, 0.29) is 29.3 Å². The molecule has 0 atom stereocenters. The number of nitrogens with one attached hydrogen (secondary N) is 1. The maximum atomic E-state index is 11.8. The highest BCUT2D eigenvalue weighted by molar-refractivity contribution is 6.01. The number of hydrogen-bond acceptors (Lipinski definition) is 5. The summed E-state index contributed by atoms with van der Waals surface area (Å²) in [5, 5.41) is 22.8. The molecular formula is C18H15N3O4. The predicted molar refractivity (Wildman–Crippen MR) is 92.3 cm³/mol. The van der Waals surface area contributed by atoms with Gasteiger partial charge in [-0.25, -0.2) is 0 Å². The van der Waals surface area contributed by atoms with Gasteiger partial charge in [0.2, 0.25) is 0 Å². The van der Waals surface area contributed by atoms with Crippen molar-refractivity contribution in [3.05, 3.63) is 70.0 Å². The third-order valence-corrected chi connectivity index (χ3v) is 3.30. The molecule has 2 aromatic rings. The third-order valence-electron chi connectivity index (χ3n) is 3.30. The van der Waals surface area contributed by atoms with Crippen molar-refractivity contribution in [2.45, 2.75) is 6.92 Å². The fourth-order valence-electron chi connectivity index (χ4n) is 2.13. The smallest absolute Gasteiger partial charge is 0.280 e. The monoisotopic (exact) mass is 337 g/mol. The normalized spacial score (nSPS) is 10.8. The lowest BCUT2D eigenvalue weighted by Crippen LogP contribution is -2.24. The van der Waals surface area contributed by atoms with Crippen LogP contribution in [-0.4, -0.2) is 17.4 Å². The summed E-state index contributed by atoms with van der Waals surface area (Å²) >= 11 is 0. The molecule has 0 aliphatic heterocycles. The Labute approximate surface area is 144 Å². The number of nitro groups is 1. The van der Waals surface area contributed by atoms with Crippen molar-refractivity contribution >= 4 is 17.7 Å². The van der Waals surface area contributed by atoms with Crippen LogP contribution in [0.2, 0.25) is 0 Å². The highest BCUT2D eigenvalue weighted by Crippen LogP contribution is 2.32. The Bertz CT molecular complexity index is 903. The van der Waals surface area contributed by atoms with E-state index in [0.717, 1.165) is 5.56 Å². The van der Waals surface area contributed by atoms with Crippen LogP contribution < -0.4 is 5.32 Å². The molecule has 1 N–H and O–H groups in total. The molecule has 1 aromatic heterocycles. The van der Waals surface area contributed by atoms with Crippen LogP contribution in [0.5, 0.6) is 0 Å². The number of amides is 1. The average molecular weight is 337 g/mol. The van der Waals surface area contributed by atoms with Crippen LogP contribution in [0.15, 0.2) is 53.0 Å². The topological polar surface area (TPSA) is 109 Å². The number of nitro benzene ring substituents is 1. The van der Waals surface area contributed by atoms with Gasteiger partial charge < -0.3 is 9.73 Å². The average Bonchev–Trinajstić information content (AvgIpc) is 3.05. The van der Waals surface area contributed by atoms with Crippen molar-refractivity contribution in [3.8, 4) is 17.4 Å². The first kappa shape index (κ1) is 17.7. The Hall–Kier alpha value is -3.66. The van der Waals surface area contributed by atoms with Gasteiger partial charge in [-0.3, -0.25) is 14.9 Å². The largest absolute Gasteiger partial charge is 0.456 e. The number of benzene rings is 1. The van der Waals surface area contributed by atoms with E-state index < -0.39 is 10.8 Å². The zero-order valence-corrected chi connectivity index (χ0v) is 13.5. The van der Waals surface area contributed by atoms with Gasteiger partial charge in [-0.15, -0.1) is 6.58 Å². The van der Waals surface area contributed by atoms with Gasteiger partial charge in [0.25, 0.3) is 11.6 Å². The molecule has 1 aromatic carbocycles. The molecule has 7 nitrogen and oxygen atoms in total. The van der Waals surface area contributed by atoms with Gasteiger partial charge in [0, 0.05) is 18.7 Å². The summed E-state index contributed by atoms with van der Waals surface area (Å²) in [6.45, 7) is 5.47. The number of aryl methyl sites for hydroxylation is 1. The van der Waals surface area contributed by atoms with Gasteiger partial charge in [0.15, 0.2) is 0 Å². The zero-order chi connectivity index (χ0) is 18.4. The van der Waals surface area contributed by atoms with Gasteiger partial charge in [0.1, 0.15) is 23.2 Å². The minimum Gasteiger partial charge on any atom is -0.456 e. The van der Waals surface area contributed by atoms with E-state index in [1.807, 2.05) is 0 Å². The lowest BCUT2D eigenvalue weighted by molar-refractivity contribution is -0.384. The Morgan fingerprint density at radius 3 is 2.84 bits per heavy atom. The fourth-order valence-corrected chi connectivity index (χ4v) is 2.13. The summed E-state index contributed by atoms with van der Waals surface area (Å²) in [6.07, 6.45) is 2.77. The van der Waals surface area contributed by atoms with E-state index in [2.05, 4.69) is 11.9 Å². The number of furan rings is 1. The number of nitrogens with zero attached hydrogens (tertiary/aromatic N) is 2. The summed E-state index contributed by atoms with van der Waals surface area (Å²) < 4.78 is 5.56. The van der Waals surface area contributed by atoms with Crippen LogP contribution in [0.25, 0.3) is 17.4 Å². The molecule has 7 heteroatoms. The molecule has 1 amide bonds. The van der Waals surface area contributed by atoms with Gasteiger partial charge in [-0.2, -0.15) is 5.26 Å². The van der Waals surface area contributed by atoms with Gasteiger partial charge in [-0.1, -0.05) is 12.1 Å². The van der Waals surface area contributed by atoms with Gasteiger partial charge in [0.05, 0.1) is 10.5 Å². The van der Waals surface area contributed by atoms with E-state index in [1.165, 1.54) is 24.3 Å². The van der Waals surface area contributed by atoms with Gasteiger partial charge in [-0.05, 0) is 30.7 Å². The Morgan fingerprint density at radius 2 is 2.20 bits per heavy atom. The van der Waals surface area contributed by atoms with E-state index >= 15 is 0 Å². The molecule has 0 bridgehead atoms. The number of nitriles is 1. The number of carbonyl (C=O) groups is 1. The zero-order valence-electron chi connectivity index (χ0n) is 13.5. The van der Waals surface area contributed by atoms with E-state index in [1.54, 1.807) is 31.2 Å². The second-order valence-electron chi connectivity index (χ2n) is 5.15. The summed E-state index contributed by atoms with van der Waals surface area (Å²) in [6, 6.07) is 9.68. The Kier molecular flexibility index (Phi) is 5.48. The molecule has 2 rings (SSSR count). The van der Waals surface area contributed by atoms with Crippen molar-refractivity contribution in [2.75, 3.05) is 6.54 Å². The quantitative estimate of drug-likeness (QED) is 0.286. The Balaban J connectivity index is 2.36. The molecule has 0 fully saturated rings. The van der Waals surface area contributed by atoms with Crippen molar-refractivity contribution in [1.29, 1.82) is 5.26 Å². The number of rotatable bonds is 6. The first-order chi connectivity index (χ1) is 12.0. The van der Waals surface area contributed by atoms with Crippen LogP contribution in [0, 0.1) is 28.4 Å². The molecular weight excluding hydrogens is 322 g/mol. The van der Waals surface area contributed by atoms with E-state index in [0.29, 0.717) is 5.56 Å². The third kappa shape index (κ3) is 4.20. The van der Waals surface area contributed by atoms with Crippen LogP contribution in [0.4, 0.5) is 5.69 Å². The molecule has 1 heterocycles. The number of hydrogen-bond donors (Lipinski definition) is 1. The second-order valence-corrected chi connectivity index (χ2v) is 5.15. The predicted octanol–water partition coefficient (Wildman–Crippen LogP) is 3.37. The summed E-state index contributed by atoms with van der Waals surface area (Å²) in [5.74, 6) is -0.0291. The standard InChI is InChI=1S/C18H15N3O4/c1-3-8-20-18(22)13(11-19)10-14-5-7-17(25-14)15-6-4-12(2)9-16(15)21(23)24/h3-7,9-10H,1,8H2,2H3,(H,20,22). The SMILES string of the molecule is C=CCNC(=O)C(C#N)=Cc1ccc(-c2ccc(C)cc2[N+](=O)[O-])o1. The molecule has 126 valence electrons.